The molecule has 1 aliphatic carbocycles. The lowest BCUT2D eigenvalue weighted by atomic mass is 9.88. The number of benzene rings is 1. The maximum Gasteiger partial charge on any atom is 0.123 e. The summed E-state index contributed by atoms with van der Waals surface area (Å²) in [6.45, 7) is 5.06. The third-order valence-electron chi connectivity index (χ3n) is 4.11. The first-order chi connectivity index (χ1) is 10.0. The van der Waals surface area contributed by atoms with E-state index in [9.17, 15) is 0 Å². The average molecular weight is 308 g/mol. The van der Waals surface area contributed by atoms with Crippen LogP contribution in [-0.4, -0.2) is 23.7 Å². The highest BCUT2D eigenvalue weighted by molar-refractivity contribution is 8.00. The molecule has 2 rings (SSSR count). The molecule has 0 aromatic heterocycles. The summed E-state index contributed by atoms with van der Waals surface area (Å²) in [6.07, 6.45) is 9.09. The normalized spacial score (nSPS) is 17.7. The molecule has 1 aromatic rings. The lowest BCUT2D eigenvalue weighted by Gasteiger charge is -2.36. The molecule has 3 nitrogen and oxygen atoms in total. The van der Waals surface area contributed by atoms with E-state index >= 15 is 0 Å². The van der Waals surface area contributed by atoms with Crippen molar-refractivity contribution in [3.63, 3.8) is 0 Å². The van der Waals surface area contributed by atoms with E-state index in [-0.39, 0.29) is 6.10 Å². The SMILES string of the molecule is CSC1(CNc2cc(N)cc(OC(C)C)c2)CCCCC1. The van der Waals surface area contributed by atoms with Gasteiger partial charge >= 0.3 is 0 Å². The smallest absolute Gasteiger partial charge is 0.123 e. The van der Waals surface area contributed by atoms with Crippen LogP contribution < -0.4 is 15.8 Å². The van der Waals surface area contributed by atoms with Crippen molar-refractivity contribution in [2.45, 2.75) is 56.8 Å². The third kappa shape index (κ3) is 4.73. The first kappa shape index (κ1) is 16.3. The Labute approximate surface area is 133 Å². The number of hydrogen-bond acceptors (Lipinski definition) is 4. The number of hydrogen-bond donors (Lipinski definition) is 2. The summed E-state index contributed by atoms with van der Waals surface area (Å²) in [6, 6.07) is 5.92. The molecule has 1 aliphatic rings. The van der Waals surface area contributed by atoms with E-state index in [1.807, 2.05) is 43.8 Å². The van der Waals surface area contributed by atoms with Gasteiger partial charge in [0.05, 0.1) is 6.10 Å². The Morgan fingerprint density at radius 3 is 2.57 bits per heavy atom. The summed E-state index contributed by atoms with van der Waals surface area (Å²) >= 11 is 2.01. The van der Waals surface area contributed by atoms with Crippen molar-refractivity contribution in [1.82, 2.24) is 0 Å². The second kappa shape index (κ2) is 7.30. The van der Waals surface area contributed by atoms with Crippen LogP contribution >= 0.6 is 11.8 Å². The van der Waals surface area contributed by atoms with Gasteiger partial charge < -0.3 is 15.8 Å². The summed E-state index contributed by atoms with van der Waals surface area (Å²) < 4.78 is 6.13. The van der Waals surface area contributed by atoms with Gasteiger partial charge in [-0.2, -0.15) is 11.8 Å². The van der Waals surface area contributed by atoms with Gasteiger partial charge in [0.1, 0.15) is 5.75 Å². The number of nitrogen functional groups attached to an aromatic ring is 1. The Bertz CT molecular complexity index is 456. The molecule has 0 saturated heterocycles. The Morgan fingerprint density at radius 1 is 1.24 bits per heavy atom. The van der Waals surface area contributed by atoms with Crippen LogP contribution in [0.5, 0.6) is 5.75 Å². The van der Waals surface area contributed by atoms with E-state index in [1.54, 1.807) is 0 Å². The van der Waals surface area contributed by atoms with Crippen molar-refractivity contribution in [3.05, 3.63) is 18.2 Å². The Kier molecular flexibility index (Phi) is 5.68. The number of ether oxygens (including phenoxy) is 1. The fourth-order valence-electron chi connectivity index (χ4n) is 2.98. The maximum atomic E-state index is 5.98. The Morgan fingerprint density at radius 2 is 1.95 bits per heavy atom. The molecule has 0 unspecified atom stereocenters. The molecule has 0 atom stereocenters. The van der Waals surface area contributed by atoms with Crippen LogP contribution in [0.15, 0.2) is 18.2 Å². The van der Waals surface area contributed by atoms with E-state index in [0.717, 1.165) is 23.7 Å². The quantitative estimate of drug-likeness (QED) is 0.758. The van der Waals surface area contributed by atoms with Gasteiger partial charge in [0.15, 0.2) is 0 Å². The van der Waals surface area contributed by atoms with Crippen molar-refractivity contribution < 1.29 is 4.74 Å². The van der Waals surface area contributed by atoms with Crippen LogP contribution in [0.2, 0.25) is 0 Å². The second-order valence-electron chi connectivity index (χ2n) is 6.26. The number of rotatable bonds is 6. The van der Waals surface area contributed by atoms with Crippen LogP contribution in [0.3, 0.4) is 0 Å². The maximum absolute atomic E-state index is 5.98. The van der Waals surface area contributed by atoms with Crippen molar-refractivity contribution >= 4 is 23.1 Å². The molecule has 1 fully saturated rings. The van der Waals surface area contributed by atoms with Crippen LogP contribution in [0.25, 0.3) is 0 Å². The van der Waals surface area contributed by atoms with Gasteiger partial charge in [-0.3, -0.25) is 0 Å². The zero-order valence-corrected chi connectivity index (χ0v) is 14.3. The van der Waals surface area contributed by atoms with Crippen molar-refractivity contribution in [2.24, 2.45) is 0 Å². The first-order valence-corrected chi connectivity index (χ1v) is 9.12. The topological polar surface area (TPSA) is 47.3 Å². The van der Waals surface area contributed by atoms with Crippen LogP contribution in [0.4, 0.5) is 11.4 Å². The largest absolute Gasteiger partial charge is 0.491 e. The number of thioether (sulfide) groups is 1. The monoisotopic (exact) mass is 308 g/mol. The first-order valence-electron chi connectivity index (χ1n) is 7.89. The summed E-state index contributed by atoms with van der Waals surface area (Å²) in [5.41, 5.74) is 7.79. The van der Waals surface area contributed by atoms with Gasteiger partial charge in [-0.1, -0.05) is 19.3 Å². The predicted octanol–water partition coefficient (Wildman–Crippen LogP) is 4.53. The molecule has 1 saturated carbocycles. The Balaban J connectivity index is 2.03. The molecule has 3 N–H and O–H groups in total. The number of nitrogens with two attached hydrogens (primary N) is 1. The van der Waals surface area contributed by atoms with E-state index in [2.05, 4.69) is 11.6 Å². The molecule has 0 bridgehead atoms. The van der Waals surface area contributed by atoms with Gasteiger partial charge in [0.2, 0.25) is 0 Å². The molecule has 0 heterocycles. The molecule has 0 amide bonds. The predicted molar refractivity (Wildman–Crippen MR) is 94.4 cm³/mol. The highest BCUT2D eigenvalue weighted by atomic mass is 32.2. The molecule has 118 valence electrons. The zero-order valence-electron chi connectivity index (χ0n) is 13.4. The van der Waals surface area contributed by atoms with E-state index in [4.69, 9.17) is 10.5 Å². The van der Waals surface area contributed by atoms with Crippen molar-refractivity contribution in [1.29, 1.82) is 0 Å². The van der Waals surface area contributed by atoms with E-state index in [0.29, 0.717) is 4.75 Å². The number of anilines is 2. The van der Waals surface area contributed by atoms with Crippen molar-refractivity contribution in [3.8, 4) is 5.75 Å². The van der Waals surface area contributed by atoms with E-state index < -0.39 is 0 Å². The third-order valence-corrected chi connectivity index (χ3v) is 5.53. The van der Waals surface area contributed by atoms with Crippen LogP contribution in [0.1, 0.15) is 46.0 Å². The fraction of sp³-hybridized carbons (Fsp3) is 0.647. The van der Waals surface area contributed by atoms with Gasteiger partial charge in [0, 0.05) is 34.8 Å². The van der Waals surface area contributed by atoms with Crippen molar-refractivity contribution in [2.75, 3.05) is 23.9 Å². The summed E-state index contributed by atoms with van der Waals surface area (Å²) in [4.78, 5) is 0. The van der Waals surface area contributed by atoms with Crippen LogP contribution in [-0.2, 0) is 0 Å². The molecule has 1 aromatic carbocycles. The molecule has 0 spiro atoms. The average Bonchev–Trinajstić information content (AvgIpc) is 2.45. The second-order valence-corrected chi connectivity index (χ2v) is 7.53. The molecule has 21 heavy (non-hydrogen) atoms. The lowest BCUT2D eigenvalue weighted by Crippen LogP contribution is -2.35. The zero-order chi connectivity index (χ0) is 15.3. The van der Waals surface area contributed by atoms with Crippen LogP contribution in [0, 0.1) is 0 Å². The molecule has 0 radical (unpaired) electrons. The lowest BCUT2D eigenvalue weighted by molar-refractivity contribution is 0.242. The number of nitrogens with one attached hydrogen (secondary N) is 1. The fourth-order valence-corrected chi connectivity index (χ4v) is 3.89. The minimum Gasteiger partial charge on any atom is -0.491 e. The minimum absolute atomic E-state index is 0.163. The van der Waals surface area contributed by atoms with Gasteiger partial charge in [-0.05, 0) is 39.0 Å². The molecular formula is C17H28N2OS. The van der Waals surface area contributed by atoms with Gasteiger partial charge in [-0.15, -0.1) is 0 Å². The summed E-state index contributed by atoms with van der Waals surface area (Å²) in [5.74, 6) is 0.842. The molecular weight excluding hydrogens is 280 g/mol. The molecule has 0 aliphatic heterocycles. The minimum atomic E-state index is 0.163. The highest BCUT2D eigenvalue weighted by Crippen LogP contribution is 2.39. The highest BCUT2D eigenvalue weighted by Gasteiger charge is 2.30. The van der Waals surface area contributed by atoms with Gasteiger partial charge in [-0.25, -0.2) is 0 Å². The van der Waals surface area contributed by atoms with Gasteiger partial charge in [0.25, 0.3) is 0 Å². The summed E-state index contributed by atoms with van der Waals surface area (Å²) in [7, 11) is 0. The Hall–Kier alpha value is -1.03. The van der Waals surface area contributed by atoms with E-state index in [1.165, 1.54) is 32.1 Å². The standard InChI is InChI=1S/C17H28N2OS/c1-13(2)20-16-10-14(18)9-15(11-16)19-12-17(21-3)7-5-4-6-8-17/h9-11,13,19H,4-8,12,18H2,1-3H3. The molecule has 4 heteroatoms. The summed E-state index contributed by atoms with van der Waals surface area (Å²) in [5, 5.41) is 3.58.